The summed E-state index contributed by atoms with van der Waals surface area (Å²) in [6.45, 7) is 5.47. The van der Waals surface area contributed by atoms with Crippen molar-refractivity contribution in [2.24, 2.45) is 0 Å². The third-order valence-corrected chi connectivity index (χ3v) is 5.07. The van der Waals surface area contributed by atoms with Gasteiger partial charge in [-0.05, 0) is 38.5 Å². The Morgan fingerprint density at radius 2 is 1.91 bits per heavy atom. The first-order valence-corrected chi connectivity index (χ1v) is 10.9. The molecule has 0 atom stereocenters. The van der Waals surface area contributed by atoms with E-state index in [1.54, 1.807) is 38.7 Å². The van der Waals surface area contributed by atoms with Gasteiger partial charge in [-0.25, -0.2) is 9.48 Å². The Morgan fingerprint density at radius 1 is 1.15 bits per heavy atom. The van der Waals surface area contributed by atoms with E-state index in [-0.39, 0.29) is 12.5 Å². The Bertz CT molecular complexity index is 1310. The number of ether oxygens (including phenoxy) is 1. The summed E-state index contributed by atoms with van der Waals surface area (Å²) in [6, 6.07) is 15.5. The van der Waals surface area contributed by atoms with Crippen molar-refractivity contribution in [3.05, 3.63) is 60.3 Å². The van der Waals surface area contributed by atoms with E-state index in [0.29, 0.717) is 18.1 Å². The fourth-order valence-corrected chi connectivity index (χ4v) is 3.48. The molecule has 0 unspecified atom stereocenters. The Kier molecular flexibility index (Phi) is 6.31. The Balaban J connectivity index is 1.64. The van der Waals surface area contributed by atoms with Gasteiger partial charge in [0.15, 0.2) is 5.82 Å². The lowest BCUT2D eigenvalue weighted by Crippen LogP contribution is -2.41. The minimum atomic E-state index is -0.657. The third-order valence-electron chi connectivity index (χ3n) is 5.07. The van der Waals surface area contributed by atoms with Crippen LogP contribution >= 0.6 is 0 Å². The van der Waals surface area contributed by atoms with Crippen LogP contribution in [0.25, 0.3) is 22.2 Å². The van der Waals surface area contributed by atoms with Gasteiger partial charge in [-0.1, -0.05) is 41.6 Å². The van der Waals surface area contributed by atoms with E-state index in [1.807, 2.05) is 48.5 Å². The zero-order chi connectivity index (χ0) is 24.3. The summed E-state index contributed by atoms with van der Waals surface area (Å²) < 4.78 is 6.90. The molecule has 2 heterocycles. The van der Waals surface area contributed by atoms with Gasteiger partial charge in [0.2, 0.25) is 5.91 Å². The van der Waals surface area contributed by atoms with Crippen LogP contribution in [-0.4, -0.2) is 56.4 Å². The van der Waals surface area contributed by atoms with Crippen molar-refractivity contribution in [1.82, 2.24) is 30.5 Å². The van der Waals surface area contributed by atoms with E-state index in [4.69, 9.17) is 4.74 Å². The van der Waals surface area contributed by atoms with Crippen LogP contribution in [0, 0.1) is 0 Å². The predicted octanol–water partition coefficient (Wildman–Crippen LogP) is 3.36. The first kappa shape index (κ1) is 23.0. The number of carbonyl (C=O) groups is 2. The van der Waals surface area contributed by atoms with Crippen LogP contribution in [0.1, 0.15) is 26.3 Å². The number of fused-ring (bicyclic) bond motifs is 1. The van der Waals surface area contributed by atoms with Gasteiger partial charge < -0.3 is 10.1 Å². The molecule has 2 amide bonds. The smallest absolute Gasteiger partial charge is 0.408 e. The molecule has 0 saturated heterocycles. The fraction of sp³-hybridized carbons (Fsp3) is 0.292. The first-order chi connectivity index (χ1) is 16.2. The highest BCUT2D eigenvalue weighted by Crippen LogP contribution is 2.30. The van der Waals surface area contributed by atoms with Crippen molar-refractivity contribution >= 4 is 28.7 Å². The third kappa shape index (κ3) is 5.22. The van der Waals surface area contributed by atoms with Crippen molar-refractivity contribution in [1.29, 1.82) is 0 Å². The number of carbonyl (C=O) groups excluding carboxylic acids is 2. The van der Waals surface area contributed by atoms with Crippen molar-refractivity contribution in [2.45, 2.75) is 32.9 Å². The summed E-state index contributed by atoms with van der Waals surface area (Å²) in [5, 5.41) is 19.2. The molecular weight excluding hydrogens is 434 g/mol. The molecule has 2 N–H and O–H groups in total. The molecule has 0 aliphatic rings. The molecule has 0 spiro atoms. The molecule has 4 rings (SSSR count). The van der Waals surface area contributed by atoms with Gasteiger partial charge in [0.1, 0.15) is 17.8 Å². The summed E-state index contributed by atoms with van der Waals surface area (Å²) in [5.74, 6) is 0.177. The van der Waals surface area contributed by atoms with E-state index in [9.17, 15) is 9.59 Å². The monoisotopic (exact) mass is 461 g/mol. The molecule has 2 aromatic heterocycles. The number of nitrogens with one attached hydrogen (secondary N) is 2. The maximum atomic E-state index is 13.0. The Labute approximate surface area is 196 Å². The number of likely N-dealkylation sites (N-methyl/N-ethyl adjacent to an activating group) is 1. The number of aromatic amines is 1. The van der Waals surface area contributed by atoms with Crippen LogP contribution in [-0.2, 0) is 16.1 Å². The highest BCUT2D eigenvalue weighted by molar-refractivity contribution is 5.98. The number of benzene rings is 2. The van der Waals surface area contributed by atoms with E-state index in [2.05, 4.69) is 25.8 Å². The Hall–Kier alpha value is -4.21. The molecule has 0 radical (unpaired) electrons. The number of nitrogens with zero attached hydrogens (tertiary/aromatic N) is 5. The van der Waals surface area contributed by atoms with Crippen LogP contribution in [0.4, 0.5) is 10.6 Å². The average Bonchev–Trinajstić information content (AvgIpc) is 3.43. The number of rotatable bonds is 6. The number of hydrogen-bond donors (Lipinski definition) is 2. The number of H-pyrrole nitrogens is 1. The zero-order valence-corrected chi connectivity index (χ0v) is 19.6. The summed E-state index contributed by atoms with van der Waals surface area (Å²) in [4.78, 5) is 26.5. The summed E-state index contributed by atoms with van der Waals surface area (Å²) >= 11 is 0. The van der Waals surface area contributed by atoms with Crippen LogP contribution < -0.4 is 10.2 Å². The van der Waals surface area contributed by atoms with Gasteiger partial charge in [0.05, 0.1) is 18.3 Å². The van der Waals surface area contributed by atoms with E-state index < -0.39 is 11.7 Å². The van der Waals surface area contributed by atoms with Crippen molar-refractivity contribution in [3.8, 4) is 11.3 Å². The fourth-order valence-electron chi connectivity index (χ4n) is 3.48. The van der Waals surface area contributed by atoms with E-state index >= 15 is 0 Å². The number of hydrogen-bond acceptors (Lipinski definition) is 6. The van der Waals surface area contributed by atoms with Crippen LogP contribution in [0.2, 0.25) is 0 Å². The van der Waals surface area contributed by atoms with Gasteiger partial charge in [0.25, 0.3) is 0 Å². The molecule has 0 bridgehead atoms. The largest absolute Gasteiger partial charge is 0.444 e. The lowest BCUT2D eigenvalue weighted by atomic mass is 10.1. The quantitative estimate of drug-likeness (QED) is 0.455. The summed E-state index contributed by atoms with van der Waals surface area (Å²) in [5.41, 5.74) is 2.59. The minimum Gasteiger partial charge on any atom is -0.444 e. The molecule has 0 aliphatic carbocycles. The maximum Gasteiger partial charge on any atom is 0.408 e. The lowest BCUT2D eigenvalue weighted by molar-refractivity contribution is -0.117. The zero-order valence-electron chi connectivity index (χ0n) is 19.6. The Morgan fingerprint density at radius 3 is 2.65 bits per heavy atom. The summed E-state index contributed by atoms with van der Waals surface area (Å²) in [7, 11) is 1.64. The molecule has 0 aliphatic heterocycles. The molecule has 10 heteroatoms. The molecular formula is C24H27N7O3. The lowest BCUT2D eigenvalue weighted by Gasteiger charge is -2.22. The number of amides is 2. The van der Waals surface area contributed by atoms with Crippen molar-refractivity contribution < 1.29 is 14.3 Å². The van der Waals surface area contributed by atoms with Crippen LogP contribution in [0.3, 0.4) is 0 Å². The molecule has 4 aromatic rings. The molecule has 0 saturated carbocycles. The molecule has 34 heavy (non-hydrogen) atoms. The van der Waals surface area contributed by atoms with E-state index in [0.717, 1.165) is 22.0 Å². The van der Waals surface area contributed by atoms with Gasteiger partial charge >= 0.3 is 6.09 Å². The second kappa shape index (κ2) is 9.34. The normalized spacial score (nSPS) is 11.4. The molecule has 176 valence electrons. The summed E-state index contributed by atoms with van der Waals surface area (Å²) in [6.07, 6.45) is 1.07. The molecule has 0 fully saturated rings. The van der Waals surface area contributed by atoms with Gasteiger partial charge in [0, 0.05) is 18.0 Å². The van der Waals surface area contributed by atoms with Crippen molar-refractivity contribution in [2.75, 3.05) is 18.5 Å². The van der Waals surface area contributed by atoms with Gasteiger partial charge in [-0.15, -0.1) is 5.10 Å². The highest BCUT2D eigenvalue weighted by Gasteiger charge is 2.24. The standard InChI is InChI=1S/C24H27N7O3/c1-24(2,3)34-23(33)25-14-20(32)30(4)22-21(17-10-11-19-18(12-17)13-26-27-19)28-29-31(22)15-16-8-6-5-7-9-16/h5-13H,14-15H2,1-4H3,(H,25,33)(H,26,27). The second-order valence-corrected chi connectivity index (χ2v) is 8.89. The average molecular weight is 462 g/mol. The topological polar surface area (TPSA) is 118 Å². The van der Waals surface area contributed by atoms with Crippen molar-refractivity contribution in [3.63, 3.8) is 0 Å². The first-order valence-electron chi connectivity index (χ1n) is 10.9. The predicted molar refractivity (Wildman–Crippen MR) is 128 cm³/mol. The van der Waals surface area contributed by atoms with Gasteiger partial charge in [-0.3, -0.25) is 14.8 Å². The minimum absolute atomic E-state index is 0.234. The van der Waals surface area contributed by atoms with Crippen LogP contribution in [0.5, 0.6) is 0 Å². The van der Waals surface area contributed by atoms with Crippen LogP contribution in [0.15, 0.2) is 54.7 Å². The van der Waals surface area contributed by atoms with E-state index in [1.165, 1.54) is 4.90 Å². The number of anilines is 1. The molecule has 2 aromatic carbocycles. The van der Waals surface area contributed by atoms with Gasteiger partial charge in [-0.2, -0.15) is 5.10 Å². The SMILES string of the molecule is CN(C(=O)CNC(=O)OC(C)(C)C)c1c(-c2ccc3[nH]ncc3c2)nnn1Cc1ccccc1. The number of alkyl carbamates (subject to hydrolysis) is 1. The highest BCUT2D eigenvalue weighted by atomic mass is 16.6. The molecule has 10 nitrogen and oxygen atoms in total. The maximum absolute atomic E-state index is 13.0. The number of aromatic nitrogens is 5. The second-order valence-electron chi connectivity index (χ2n) is 8.89.